The van der Waals surface area contributed by atoms with Crippen molar-refractivity contribution in [2.45, 2.75) is 25.4 Å². The van der Waals surface area contributed by atoms with Gasteiger partial charge in [-0.25, -0.2) is 0 Å². The van der Waals surface area contributed by atoms with Crippen molar-refractivity contribution in [3.63, 3.8) is 0 Å². The Kier molecular flexibility index (Phi) is 2.14. The van der Waals surface area contributed by atoms with Crippen LogP contribution in [-0.4, -0.2) is 11.0 Å². The number of rotatable bonds is 3. The summed E-state index contributed by atoms with van der Waals surface area (Å²) in [5, 5.41) is 6.09. The zero-order chi connectivity index (χ0) is 10.1. The summed E-state index contributed by atoms with van der Waals surface area (Å²) >= 11 is 0. The van der Waals surface area contributed by atoms with Crippen LogP contribution in [0.15, 0.2) is 36.7 Å². The molecule has 1 heterocycles. The van der Waals surface area contributed by atoms with E-state index in [4.69, 9.17) is 0 Å². The summed E-state index contributed by atoms with van der Waals surface area (Å²) in [5.41, 5.74) is 1.35. The zero-order valence-corrected chi connectivity index (χ0v) is 8.61. The number of hydrogen-bond donors (Lipinski definition) is 1. The molecular weight excluding hydrogens is 184 g/mol. The normalized spacial score (nSPS) is 15.7. The van der Waals surface area contributed by atoms with Gasteiger partial charge in [-0.1, -0.05) is 18.2 Å². The van der Waals surface area contributed by atoms with E-state index >= 15 is 0 Å². The molecule has 76 valence electrons. The van der Waals surface area contributed by atoms with Crippen LogP contribution in [-0.2, 0) is 6.54 Å². The Balaban J connectivity index is 1.93. The lowest BCUT2D eigenvalue weighted by molar-refractivity contribution is 0.691. The highest BCUT2D eigenvalue weighted by Gasteiger charge is 2.20. The topological polar surface area (TPSA) is 24.9 Å². The monoisotopic (exact) mass is 198 g/mol. The molecule has 0 atom stereocenters. The molecule has 1 fully saturated rings. The quantitative estimate of drug-likeness (QED) is 0.819. The maximum Gasteiger partial charge on any atom is 0.0349 e. The molecule has 1 aliphatic carbocycles. The van der Waals surface area contributed by atoms with E-state index in [1.54, 1.807) is 0 Å². The Bertz CT molecular complexity index is 469. The van der Waals surface area contributed by atoms with E-state index in [-0.39, 0.29) is 0 Å². The molecule has 1 N–H and O–H groups in total. The Morgan fingerprint density at radius 3 is 3.07 bits per heavy atom. The molecule has 1 saturated carbocycles. The fourth-order valence-corrected chi connectivity index (χ4v) is 1.87. The fraction of sp³-hybridized carbons (Fsp3) is 0.308. The van der Waals surface area contributed by atoms with Gasteiger partial charge in [0.1, 0.15) is 0 Å². The Morgan fingerprint density at radius 2 is 2.20 bits per heavy atom. The van der Waals surface area contributed by atoms with Gasteiger partial charge in [0, 0.05) is 30.4 Å². The van der Waals surface area contributed by atoms with Gasteiger partial charge in [0.15, 0.2) is 0 Å². The maximum atomic E-state index is 4.19. The Hall–Kier alpha value is -1.41. The van der Waals surface area contributed by atoms with E-state index in [1.807, 2.05) is 12.4 Å². The summed E-state index contributed by atoms with van der Waals surface area (Å²) in [4.78, 5) is 4.19. The summed E-state index contributed by atoms with van der Waals surface area (Å²) in [6, 6.07) is 9.26. The van der Waals surface area contributed by atoms with Crippen LogP contribution < -0.4 is 5.32 Å². The number of hydrogen-bond acceptors (Lipinski definition) is 2. The highest BCUT2D eigenvalue weighted by Crippen LogP contribution is 2.21. The summed E-state index contributed by atoms with van der Waals surface area (Å²) in [6.45, 7) is 0.966. The van der Waals surface area contributed by atoms with Crippen molar-refractivity contribution in [2.75, 3.05) is 0 Å². The highest BCUT2D eigenvalue weighted by atomic mass is 14.9. The highest BCUT2D eigenvalue weighted by molar-refractivity contribution is 5.84. The minimum absolute atomic E-state index is 0.761. The molecule has 0 radical (unpaired) electrons. The van der Waals surface area contributed by atoms with Crippen LogP contribution in [0.1, 0.15) is 18.4 Å². The second-order valence-electron chi connectivity index (χ2n) is 4.17. The average Bonchev–Trinajstić information content (AvgIpc) is 3.10. The first-order valence-electron chi connectivity index (χ1n) is 5.48. The number of pyridine rings is 1. The van der Waals surface area contributed by atoms with Gasteiger partial charge in [-0.2, -0.15) is 0 Å². The standard InChI is InChI=1S/C13H14N2/c1-2-10-6-7-14-9-13(10)11(3-1)8-15-12-4-5-12/h1-3,6-7,9,12,15H,4-5,8H2. The second-order valence-corrected chi connectivity index (χ2v) is 4.17. The third-order valence-corrected chi connectivity index (χ3v) is 2.93. The minimum atomic E-state index is 0.761. The molecule has 0 saturated heterocycles. The molecule has 1 aromatic heterocycles. The van der Waals surface area contributed by atoms with Gasteiger partial charge in [-0.05, 0) is 29.9 Å². The summed E-state index contributed by atoms with van der Waals surface area (Å²) < 4.78 is 0. The maximum absolute atomic E-state index is 4.19. The van der Waals surface area contributed by atoms with Crippen molar-refractivity contribution >= 4 is 10.8 Å². The lowest BCUT2D eigenvalue weighted by atomic mass is 10.1. The lowest BCUT2D eigenvalue weighted by Gasteiger charge is -2.06. The van der Waals surface area contributed by atoms with Crippen molar-refractivity contribution in [3.05, 3.63) is 42.2 Å². The van der Waals surface area contributed by atoms with E-state index in [9.17, 15) is 0 Å². The molecule has 2 aromatic rings. The van der Waals surface area contributed by atoms with Gasteiger partial charge >= 0.3 is 0 Å². The van der Waals surface area contributed by atoms with Gasteiger partial charge in [0.2, 0.25) is 0 Å². The van der Waals surface area contributed by atoms with Gasteiger partial charge < -0.3 is 5.32 Å². The van der Waals surface area contributed by atoms with Gasteiger partial charge in [-0.15, -0.1) is 0 Å². The molecular formula is C13H14N2. The number of benzene rings is 1. The lowest BCUT2D eigenvalue weighted by Crippen LogP contribution is -2.15. The predicted octanol–water partition coefficient (Wildman–Crippen LogP) is 2.49. The zero-order valence-electron chi connectivity index (χ0n) is 8.61. The largest absolute Gasteiger partial charge is 0.310 e. The van der Waals surface area contributed by atoms with E-state index < -0.39 is 0 Å². The number of nitrogens with zero attached hydrogens (tertiary/aromatic N) is 1. The molecule has 0 unspecified atom stereocenters. The molecule has 0 bridgehead atoms. The molecule has 0 spiro atoms. The van der Waals surface area contributed by atoms with Crippen LogP contribution in [0.5, 0.6) is 0 Å². The number of nitrogens with one attached hydrogen (secondary N) is 1. The van der Waals surface area contributed by atoms with E-state index in [0.29, 0.717) is 0 Å². The van der Waals surface area contributed by atoms with Gasteiger partial charge in [0.05, 0.1) is 0 Å². The van der Waals surface area contributed by atoms with Crippen molar-refractivity contribution in [1.82, 2.24) is 10.3 Å². The van der Waals surface area contributed by atoms with E-state index in [1.165, 1.54) is 29.2 Å². The summed E-state index contributed by atoms with van der Waals surface area (Å²) in [5.74, 6) is 0. The van der Waals surface area contributed by atoms with Crippen molar-refractivity contribution < 1.29 is 0 Å². The fourth-order valence-electron chi connectivity index (χ4n) is 1.87. The molecule has 1 aromatic carbocycles. The van der Waals surface area contributed by atoms with Crippen LogP contribution in [0.25, 0.3) is 10.8 Å². The summed E-state index contributed by atoms with van der Waals surface area (Å²) in [6.07, 6.45) is 6.48. The number of aromatic nitrogens is 1. The molecule has 0 amide bonds. The van der Waals surface area contributed by atoms with Crippen LogP contribution in [0.3, 0.4) is 0 Å². The first-order chi connectivity index (χ1) is 7.43. The van der Waals surface area contributed by atoms with Crippen LogP contribution in [0.2, 0.25) is 0 Å². The molecule has 2 nitrogen and oxygen atoms in total. The third kappa shape index (κ3) is 1.85. The third-order valence-electron chi connectivity index (χ3n) is 2.93. The SMILES string of the molecule is c1cc(CNC2CC2)c2cnccc2c1. The minimum Gasteiger partial charge on any atom is -0.310 e. The first kappa shape index (κ1) is 8.86. The van der Waals surface area contributed by atoms with Crippen molar-refractivity contribution in [2.24, 2.45) is 0 Å². The first-order valence-corrected chi connectivity index (χ1v) is 5.48. The molecule has 0 aliphatic heterocycles. The van der Waals surface area contributed by atoms with Gasteiger partial charge in [0.25, 0.3) is 0 Å². The van der Waals surface area contributed by atoms with Gasteiger partial charge in [-0.3, -0.25) is 4.98 Å². The van der Waals surface area contributed by atoms with Crippen LogP contribution in [0.4, 0.5) is 0 Å². The smallest absolute Gasteiger partial charge is 0.0349 e. The summed E-state index contributed by atoms with van der Waals surface area (Å²) in [7, 11) is 0. The van der Waals surface area contributed by atoms with E-state index in [2.05, 4.69) is 34.6 Å². The molecule has 2 heteroatoms. The molecule has 15 heavy (non-hydrogen) atoms. The van der Waals surface area contributed by atoms with E-state index in [0.717, 1.165) is 12.6 Å². The number of fused-ring (bicyclic) bond motifs is 1. The van der Waals surface area contributed by atoms with Crippen molar-refractivity contribution in [1.29, 1.82) is 0 Å². The molecule has 3 rings (SSSR count). The average molecular weight is 198 g/mol. The second kappa shape index (κ2) is 3.63. The predicted molar refractivity (Wildman–Crippen MR) is 61.6 cm³/mol. The Labute approximate surface area is 89.3 Å². The van der Waals surface area contributed by atoms with Crippen LogP contribution >= 0.6 is 0 Å². The van der Waals surface area contributed by atoms with Crippen molar-refractivity contribution in [3.8, 4) is 0 Å². The Morgan fingerprint density at radius 1 is 1.27 bits per heavy atom. The molecule has 1 aliphatic rings. The van der Waals surface area contributed by atoms with Crippen LogP contribution in [0, 0.1) is 0 Å².